The molecular formula is C23H27F3N4O4. The normalized spacial score (nSPS) is 11.4. The highest BCUT2D eigenvalue weighted by Crippen LogP contribution is 2.28. The molecule has 0 unspecified atom stereocenters. The lowest BCUT2D eigenvalue weighted by Crippen LogP contribution is -2.44. The predicted octanol–water partition coefficient (Wildman–Crippen LogP) is 3.51. The first-order chi connectivity index (χ1) is 15.9. The number of hydrazine groups is 1. The minimum Gasteiger partial charge on any atom is -0.484 e. The zero-order chi connectivity index (χ0) is 25.4. The zero-order valence-electron chi connectivity index (χ0n) is 19.0. The molecule has 11 heteroatoms. The van der Waals surface area contributed by atoms with Gasteiger partial charge in [0.2, 0.25) is 0 Å². The van der Waals surface area contributed by atoms with E-state index in [0.29, 0.717) is 17.1 Å². The minimum atomic E-state index is -5.06. The number of benzene rings is 2. The zero-order valence-corrected chi connectivity index (χ0v) is 19.0. The van der Waals surface area contributed by atoms with Gasteiger partial charge in [-0.3, -0.25) is 25.2 Å². The van der Waals surface area contributed by atoms with E-state index in [1.165, 1.54) is 23.0 Å². The molecule has 2 rings (SSSR count). The third-order valence-corrected chi connectivity index (χ3v) is 5.07. The summed E-state index contributed by atoms with van der Waals surface area (Å²) in [6.45, 7) is 5.40. The summed E-state index contributed by atoms with van der Waals surface area (Å²) in [5.74, 6) is -2.87. The molecule has 2 aromatic carbocycles. The molecule has 4 N–H and O–H groups in total. The second-order valence-corrected chi connectivity index (χ2v) is 8.03. The summed E-state index contributed by atoms with van der Waals surface area (Å²) in [5.41, 5.74) is 6.75. The molecule has 0 aliphatic rings. The summed E-state index contributed by atoms with van der Waals surface area (Å²) in [7, 11) is 0. The Hall–Kier alpha value is -3.76. The third-order valence-electron chi connectivity index (χ3n) is 5.07. The Bertz CT molecular complexity index is 991. The van der Waals surface area contributed by atoms with Crippen molar-refractivity contribution in [3.8, 4) is 5.75 Å². The van der Waals surface area contributed by atoms with Crippen molar-refractivity contribution in [3.63, 3.8) is 0 Å². The molecule has 0 aliphatic carbocycles. The summed E-state index contributed by atoms with van der Waals surface area (Å²) < 4.78 is 41.8. The molecule has 0 aromatic heterocycles. The van der Waals surface area contributed by atoms with Gasteiger partial charge >= 0.3 is 12.1 Å². The molecule has 0 bridgehead atoms. The molecule has 0 fully saturated rings. The Morgan fingerprint density at radius 1 is 0.882 bits per heavy atom. The third kappa shape index (κ3) is 8.30. The Kier molecular flexibility index (Phi) is 8.88. The number of hydrogen-bond acceptors (Lipinski definition) is 5. The monoisotopic (exact) mass is 480 g/mol. The molecule has 0 saturated heterocycles. The number of nitrogens with one attached hydrogen (secondary N) is 4. The molecule has 2 aromatic rings. The maximum atomic E-state index is 12.1. The smallest absolute Gasteiger partial charge is 0.471 e. The second-order valence-electron chi connectivity index (χ2n) is 8.03. The highest BCUT2D eigenvalue weighted by atomic mass is 19.4. The highest BCUT2D eigenvalue weighted by Gasteiger charge is 2.38. The van der Waals surface area contributed by atoms with Crippen molar-refractivity contribution in [1.82, 2.24) is 10.7 Å². The topological polar surface area (TPSA) is 109 Å². The standard InChI is InChI=1S/C23H27F3N4O4/c1-4-22(2,3)15-5-11-18(12-6-15)34-14-20(32)28-16-7-9-17(10-8-16)29-30-19(31)13-27-21(33)23(24,25)26/h5-12,29H,4,13-14H2,1-3H3,(H,27,33)(H,28,32)(H,30,31). The van der Waals surface area contributed by atoms with Crippen LogP contribution in [0.4, 0.5) is 24.5 Å². The number of anilines is 2. The average Bonchev–Trinajstić information content (AvgIpc) is 2.80. The van der Waals surface area contributed by atoms with Gasteiger partial charge in [-0.05, 0) is 53.8 Å². The van der Waals surface area contributed by atoms with Gasteiger partial charge < -0.3 is 15.4 Å². The molecule has 0 atom stereocenters. The van der Waals surface area contributed by atoms with Gasteiger partial charge in [0.15, 0.2) is 6.61 Å². The Morgan fingerprint density at radius 2 is 1.47 bits per heavy atom. The number of alkyl halides is 3. The molecule has 0 aliphatic heterocycles. The maximum Gasteiger partial charge on any atom is 0.471 e. The molecule has 0 saturated carbocycles. The first-order valence-electron chi connectivity index (χ1n) is 10.4. The van der Waals surface area contributed by atoms with Crippen molar-refractivity contribution in [3.05, 3.63) is 54.1 Å². The lowest BCUT2D eigenvalue weighted by atomic mass is 9.82. The van der Waals surface area contributed by atoms with Crippen LogP contribution >= 0.6 is 0 Å². The Balaban J connectivity index is 1.75. The van der Waals surface area contributed by atoms with Gasteiger partial charge in [-0.25, -0.2) is 0 Å². The summed E-state index contributed by atoms with van der Waals surface area (Å²) in [5, 5.41) is 4.11. The van der Waals surface area contributed by atoms with E-state index >= 15 is 0 Å². The fraction of sp³-hybridized carbons (Fsp3) is 0.348. The number of ether oxygens (including phenoxy) is 1. The number of rotatable bonds is 10. The molecule has 34 heavy (non-hydrogen) atoms. The second kappa shape index (κ2) is 11.4. The molecule has 0 radical (unpaired) electrons. The fourth-order valence-electron chi connectivity index (χ4n) is 2.64. The molecule has 0 spiro atoms. The summed E-state index contributed by atoms with van der Waals surface area (Å²) in [6.07, 6.45) is -4.06. The first-order valence-corrected chi connectivity index (χ1v) is 10.4. The van der Waals surface area contributed by atoms with Crippen LogP contribution in [-0.4, -0.2) is 37.0 Å². The van der Waals surface area contributed by atoms with Crippen LogP contribution in [0.1, 0.15) is 32.8 Å². The number of carbonyl (C=O) groups is 3. The summed E-state index contributed by atoms with van der Waals surface area (Å²) in [6, 6.07) is 13.8. The largest absolute Gasteiger partial charge is 0.484 e. The van der Waals surface area contributed by atoms with Gasteiger partial charge in [0.25, 0.3) is 11.8 Å². The quantitative estimate of drug-likeness (QED) is 0.389. The molecular weight excluding hydrogens is 453 g/mol. The van der Waals surface area contributed by atoms with Crippen molar-refractivity contribution in [2.45, 2.75) is 38.8 Å². The molecule has 3 amide bonds. The van der Waals surface area contributed by atoms with Crippen LogP contribution in [-0.2, 0) is 19.8 Å². The van der Waals surface area contributed by atoms with E-state index < -0.39 is 24.5 Å². The van der Waals surface area contributed by atoms with Gasteiger partial charge in [0, 0.05) is 5.69 Å². The first kappa shape index (κ1) is 26.5. The van der Waals surface area contributed by atoms with Crippen LogP contribution < -0.4 is 26.2 Å². The SMILES string of the molecule is CCC(C)(C)c1ccc(OCC(=O)Nc2ccc(NNC(=O)CNC(=O)C(F)(F)F)cc2)cc1. The lowest BCUT2D eigenvalue weighted by molar-refractivity contribution is -0.173. The van der Waals surface area contributed by atoms with Gasteiger partial charge in [-0.15, -0.1) is 0 Å². The molecule has 184 valence electrons. The van der Waals surface area contributed by atoms with Crippen molar-refractivity contribution < 1.29 is 32.3 Å². The van der Waals surface area contributed by atoms with E-state index in [9.17, 15) is 27.6 Å². The Labute approximate surface area is 195 Å². The van der Waals surface area contributed by atoms with E-state index in [-0.39, 0.29) is 17.9 Å². The molecule has 8 nitrogen and oxygen atoms in total. The Morgan fingerprint density at radius 3 is 2.03 bits per heavy atom. The average molecular weight is 480 g/mol. The van der Waals surface area contributed by atoms with E-state index in [0.717, 1.165) is 6.42 Å². The van der Waals surface area contributed by atoms with E-state index in [4.69, 9.17) is 4.74 Å². The van der Waals surface area contributed by atoms with E-state index in [1.54, 1.807) is 12.1 Å². The van der Waals surface area contributed by atoms with Crippen molar-refractivity contribution >= 4 is 29.1 Å². The fourth-order valence-corrected chi connectivity index (χ4v) is 2.64. The summed E-state index contributed by atoms with van der Waals surface area (Å²) in [4.78, 5) is 34.3. The van der Waals surface area contributed by atoms with Crippen LogP contribution in [0, 0.1) is 0 Å². The molecule has 0 heterocycles. The lowest BCUT2D eigenvalue weighted by Gasteiger charge is -2.23. The van der Waals surface area contributed by atoms with Crippen molar-refractivity contribution in [2.24, 2.45) is 0 Å². The highest BCUT2D eigenvalue weighted by molar-refractivity contribution is 5.92. The summed E-state index contributed by atoms with van der Waals surface area (Å²) >= 11 is 0. The number of amides is 3. The van der Waals surface area contributed by atoms with Gasteiger partial charge in [0.1, 0.15) is 5.75 Å². The van der Waals surface area contributed by atoms with Gasteiger partial charge in [-0.2, -0.15) is 13.2 Å². The number of carbonyl (C=O) groups excluding carboxylic acids is 3. The van der Waals surface area contributed by atoms with Gasteiger partial charge in [0.05, 0.1) is 12.2 Å². The number of halogens is 3. The maximum absolute atomic E-state index is 12.1. The predicted molar refractivity (Wildman–Crippen MR) is 121 cm³/mol. The van der Waals surface area contributed by atoms with Crippen LogP contribution in [0.25, 0.3) is 0 Å². The van der Waals surface area contributed by atoms with Crippen molar-refractivity contribution in [1.29, 1.82) is 0 Å². The van der Waals surface area contributed by atoms with E-state index in [1.807, 2.05) is 24.3 Å². The van der Waals surface area contributed by atoms with E-state index in [2.05, 4.69) is 36.9 Å². The van der Waals surface area contributed by atoms with Crippen LogP contribution in [0.5, 0.6) is 5.75 Å². The van der Waals surface area contributed by atoms with Crippen molar-refractivity contribution in [2.75, 3.05) is 23.9 Å². The van der Waals surface area contributed by atoms with Crippen LogP contribution in [0.2, 0.25) is 0 Å². The van der Waals surface area contributed by atoms with Gasteiger partial charge in [-0.1, -0.05) is 32.9 Å². The van der Waals surface area contributed by atoms with Crippen LogP contribution in [0.15, 0.2) is 48.5 Å². The minimum absolute atomic E-state index is 0.0583. The van der Waals surface area contributed by atoms with Crippen LogP contribution in [0.3, 0.4) is 0 Å². The number of hydrogen-bond donors (Lipinski definition) is 4.